The molecule has 32 heavy (non-hydrogen) atoms. The number of aliphatic hydroxyl groups excluding tert-OH is 1. The van der Waals surface area contributed by atoms with Crippen LogP contribution in [0.15, 0.2) is 47.4 Å². The molecule has 0 aliphatic heterocycles. The highest BCUT2D eigenvalue weighted by Crippen LogP contribution is 2.31. The standard InChI is InChI=1S/C21H25F3N2O5S/c1-14-7-8-19(9-15(14)2)32(29,30)26(3)12-20(28)25-11-17(27)13-31-18-6-4-5-16(10-18)21(22,23)24/h4-10,17,27H,11-13H2,1-3H3,(H,25,28). The minimum atomic E-state index is -4.52. The van der Waals surface area contributed by atoms with Gasteiger partial charge in [0.05, 0.1) is 17.0 Å². The lowest BCUT2D eigenvalue weighted by Crippen LogP contribution is -2.42. The SMILES string of the molecule is Cc1ccc(S(=O)(=O)N(C)CC(=O)NCC(O)COc2cccc(C(F)(F)F)c2)cc1C. The maximum Gasteiger partial charge on any atom is 0.416 e. The Kier molecular flexibility index (Phi) is 8.27. The van der Waals surface area contributed by atoms with Crippen LogP contribution >= 0.6 is 0 Å². The molecule has 0 saturated heterocycles. The highest BCUT2D eigenvalue weighted by atomic mass is 32.2. The summed E-state index contributed by atoms with van der Waals surface area (Å²) >= 11 is 0. The number of amides is 1. The summed E-state index contributed by atoms with van der Waals surface area (Å²) in [5, 5.41) is 12.3. The molecule has 2 N–H and O–H groups in total. The van der Waals surface area contributed by atoms with Crippen LogP contribution in [0, 0.1) is 13.8 Å². The van der Waals surface area contributed by atoms with Crippen LogP contribution in [0.5, 0.6) is 5.75 Å². The molecule has 0 aliphatic rings. The van der Waals surface area contributed by atoms with E-state index in [0.717, 1.165) is 27.6 Å². The van der Waals surface area contributed by atoms with E-state index in [0.29, 0.717) is 0 Å². The second-order valence-corrected chi connectivity index (χ2v) is 9.35. The molecular formula is C21H25F3N2O5S. The van der Waals surface area contributed by atoms with Gasteiger partial charge in [0.15, 0.2) is 0 Å². The lowest BCUT2D eigenvalue weighted by atomic mass is 10.1. The molecule has 0 spiro atoms. The molecule has 7 nitrogen and oxygen atoms in total. The van der Waals surface area contributed by atoms with Crippen LogP contribution in [-0.2, 0) is 21.0 Å². The summed E-state index contributed by atoms with van der Waals surface area (Å²) < 4.78 is 69.4. The van der Waals surface area contributed by atoms with Gasteiger partial charge in [0.25, 0.3) is 0 Å². The normalized spacial score (nSPS) is 13.1. The van der Waals surface area contributed by atoms with Crippen molar-refractivity contribution in [3.63, 3.8) is 0 Å². The molecule has 0 radical (unpaired) electrons. The van der Waals surface area contributed by atoms with Gasteiger partial charge >= 0.3 is 6.18 Å². The molecule has 2 aromatic carbocycles. The van der Waals surface area contributed by atoms with Gasteiger partial charge in [-0.05, 0) is 55.3 Å². The van der Waals surface area contributed by atoms with E-state index in [1.165, 1.54) is 31.3 Å². The zero-order valence-electron chi connectivity index (χ0n) is 17.8. The first-order valence-electron chi connectivity index (χ1n) is 9.59. The monoisotopic (exact) mass is 474 g/mol. The fourth-order valence-corrected chi connectivity index (χ4v) is 3.86. The van der Waals surface area contributed by atoms with Gasteiger partial charge in [0, 0.05) is 13.6 Å². The Morgan fingerprint density at radius 3 is 2.47 bits per heavy atom. The predicted octanol–water partition coefficient (Wildman–Crippen LogP) is 2.50. The van der Waals surface area contributed by atoms with E-state index in [-0.39, 0.29) is 23.8 Å². The Hall–Kier alpha value is -2.63. The first-order valence-corrected chi connectivity index (χ1v) is 11.0. The number of benzene rings is 2. The molecule has 0 heterocycles. The molecule has 2 aromatic rings. The summed E-state index contributed by atoms with van der Waals surface area (Å²) in [7, 11) is -2.62. The van der Waals surface area contributed by atoms with Crippen molar-refractivity contribution < 1.29 is 36.2 Å². The molecule has 0 bridgehead atoms. The van der Waals surface area contributed by atoms with Crippen molar-refractivity contribution in [1.82, 2.24) is 9.62 Å². The number of hydrogen-bond acceptors (Lipinski definition) is 5. The maximum absolute atomic E-state index is 12.7. The Balaban J connectivity index is 1.85. The largest absolute Gasteiger partial charge is 0.491 e. The van der Waals surface area contributed by atoms with Gasteiger partial charge in [-0.25, -0.2) is 8.42 Å². The number of aryl methyl sites for hydroxylation is 2. The van der Waals surface area contributed by atoms with Crippen molar-refractivity contribution in [3.05, 3.63) is 59.2 Å². The van der Waals surface area contributed by atoms with Crippen LogP contribution in [0.4, 0.5) is 13.2 Å². The number of aliphatic hydroxyl groups is 1. The van der Waals surface area contributed by atoms with Gasteiger partial charge in [0.2, 0.25) is 15.9 Å². The van der Waals surface area contributed by atoms with E-state index in [9.17, 15) is 31.5 Å². The molecule has 1 atom stereocenters. The van der Waals surface area contributed by atoms with Crippen molar-refractivity contribution in [2.75, 3.05) is 26.7 Å². The molecule has 1 amide bonds. The summed E-state index contributed by atoms with van der Waals surface area (Å²) in [5.41, 5.74) is 0.851. The zero-order chi connectivity index (χ0) is 24.1. The van der Waals surface area contributed by atoms with E-state index >= 15 is 0 Å². The van der Waals surface area contributed by atoms with Gasteiger partial charge in [-0.3, -0.25) is 4.79 Å². The Morgan fingerprint density at radius 2 is 1.84 bits per heavy atom. The van der Waals surface area contributed by atoms with Gasteiger partial charge in [-0.2, -0.15) is 17.5 Å². The summed E-state index contributed by atoms with van der Waals surface area (Å²) in [4.78, 5) is 12.2. The van der Waals surface area contributed by atoms with Gasteiger partial charge < -0.3 is 15.2 Å². The number of hydrogen-bond donors (Lipinski definition) is 2. The number of nitrogens with zero attached hydrogens (tertiary/aromatic N) is 1. The highest BCUT2D eigenvalue weighted by molar-refractivity contribution is 7.89. The van der Waals surface area contributed by atoms with Crippen molar-refractivity contribution in [2.24, 2.45) is 0 Å². The lowest BCUT2D eigenvalue weighted by Gasteiger charge is -2.18. The molecular weight excluding hydrogens is 449 g/mol. The number of sulfonamides is 1. The highest BCUT2D eigenvalue weighted by Gasteiger charge is 2.30. The van der Waals surface area contributed by atoms with Gasteiger partial charge in [-0.15, -0.1) is 0 Å². The smallest absolute Gasteiger partial charge is 0.416 e. The Morgan fingerprint density at radius 1 is 1.16 bits per heavy atom. The van der Waals surface area contributed by atoms with E-state index in [1.807, 2.05) is 6.92 Å². The second kappa shape index (κ2) is 10.3. The first-order chi connectivity index (χ1) is 14.8. The van der Waals surface area contributed by atoms with Crippen molar-refractivity contribution in [3.8, 4) is 5.75 Å². The number of halogens is 3. The summed E-state index contributed by atoms with van der Waals surface area (Å²) in [6.45, 7) is 2.53. The maximum atomic E-state index is 12.7. The second-order valence-electron chi connectivity index (χ2n) is 7.30. The van der Waals surface area contributed by atoms with Crippen LogP contribution in [0.25, 0.3) is 0 Å². The van der Waals surface area contributed by atoms with Crippen LogP contribution in [0.1, 0.15) is 16.7 Å². The number of likely N-dealkylation sites (N-methyl/N-ethyl adjacent to an activating group) is 1. The average molecular weight is 475 g/mol. The number of carbonyl (C=O) groups is 1. The van der Waals surface area contributed by atoms with Crippen LogP contribution in [0.2, 0.25) is 0 Å². The van der Waals surface area contributed by atoms with E-state index in [4.69, 9.17) is 4.74 Å². The Labute approximate surface area is 184 Å². The minimum Gasteiger partial charge on any atom is -0.491 e. The Bertz CT molecular complexity index is 1060. The number of carbonyl (C=O) groups excluding carboxylic acids is 1. The van der Waals surface area contributed by atoms with Crippen LogP contribution in [-0.4, -0.2) is 56.6 Å². The number of alkyl halides is 3. The summed E-state index contributed by atoms with van der Waals surface area (Å²) in [6.07, 6.45) is -5.73. The van der Waals surface area contributed by atoms with Crippen molar-refractivity contribution in [1.29, 1.82) is 0 Å². The molecule has 0 aromatic heterocycles. The van der Waals surface area contributed by atoms with E-state index in [1.54, 1.807) is 13.0 Å². The van der Waals surface area contributed by atoms with Crippen LogP contribution in [0.3, 0.4) is 0 Å². The molecule has 0 fully saturated rings. The number of ether oxygens (including phenoxy) is 1. The molecule has 2 rings (SSSR count). The average Bonchev–Trinajstić information content (AvgIpc) is 2.72. The third-order valence-corrected chi connectivity index (χ3v) is 6.49. The van der Waals surface area contributed by atoms with Gasteiger partial charge in [0.1, 0.15) is 18.5 Å². The quantitative estimate of drug-likeness (QED) is 0.582. The number of nitrogens with one attached hydrogen (secondary N) is 1. The van der Waals surface area contributed by atoms with Gasteiger partial charge in [-0.1, -0.05) is 12.1 Å². The molecule has 11 heteroatoms. The van der Waals surface area contributed by atoms with Crippen molar-refractivity contribution in [2.45, 2.75) is 31.0 Å². The fraction of sp³-hybridized carbons (Fsp3) is 0.381. The van der Waals surface area contributed by atoms with E-state index < -0.39 is 40.3 Å². The predicted molar refractivity (Wildman–Crippen MR) is 112 cm³/mol. The first kappa shape index (κ1) is 25.6. The van der Waals surface area contributed by atoms with E-state index in [2.05, 4.69) is 5.32 Å². The third-order valence-electron chi connectivity index (χ3n) is 4.69. The molecule has 0 aliphatic carbocycles. The number of rotatable bonds is 9. The lowest BCUT2D eigenvalue weighted by molar-refractivity contribution is -0.137. The molecule has 1 unspecified atom stereocenters. The zero-order valence-corrected chi connectivity index (χ0v) is 18.6. The minimum absolute atomic E-state index is 0.0606. The summed E-state index contributed by atoms with van der Waals surface area (Å²) in [6, 6.07) is 8.85. The molecule has 176 valence electrons. The molecule has 0 saturated carbocycles. The topological polar surface area (TPSA) is 95.9 Å². The van der Waals surface area contributed by atoms with Crippen LogP contribution < -0.4 is 10.1 Å². The van der Waals surface area contributed by atoms with Crippen molar-refractivity contribution >= 4 is 15.9 Å². The third kappa shape index (κ3) is 6.94. The fourth-order valence-electron chi connectivity index (χ4n) is 2.64. The summed E-state index contributed by atoms with van der Waals surface area (Å²) in [5.74, 6) is -0.734.